The van der Waals surface area contributed by atoms with Gasteiger partial charge in [0, 0.05) is 0 Å². The van der Waals surface area contributed by atoms with Crippen molar-refractivity contribution in [1.82, 2.24) is 0 Å². The van der Waals surface area contributed by atoms with Crippen LogP contribution >= 0.6 is 0 Å². The lowest BCUT2D eigenvalue weighted by molar-refractivity contribution is 0.277. The van der Waals surface area contributed by atoms with E-state index in [4.69, 9.17) is 10.5 Å². The summed E-state index contributed by atoms with van der Waals surface area (Å²) in [6.07, 6.45) is 1.06. The molecular weight excluding hydrogens is 265 g/mol. The van der Waals surface area contributed by atoms with Crippen LogP contribution in [0.1, 0.15) is 31.0 Å². The van der Waals surface area contributed by atoms with E-state index < -0.39 is 0 Å². The van der Waals surface area contributed by atoms with Gasteiger partial charge in [-0.3, -0.25) is 0 Å². The Balaban J connectivity index is 1.94. The van der Waals surface area contributed by atoms with E-state index in [1.807, 2.05) is 12.1 Å². The Labute approximate surface area is 125 Å². The van der Waals surface area contributed by atoms with E-state index in [1.54, 1.807) is 18.2 Å². The molecule has 1 unspecified atom stereocenters. The molecule has 0 bridgehead atoms. The highest BCUT2D eigenvalue weighted by Gasteiger charge is 2.09. The summed E-state index contributed by atoms with van der Waals surface area (Å²) in [5.41, 5.74) is 8.40. The fraction of sp³-hybridized carbons (Fsp3) is 0.333. The number of hydrogen-bond acceptors (Lipinski definition) is 2. The number of rotatable bonds is 6. The lowest BCUT2D eigenvalue weighted by Gasteiger charge is -2.15. The van der Waals surface area contributed by atoms with Crippen LogP contribution in [0, 0.1) is 11.7 Å². The van der Waals surface area contributed by atoms with Gasteiger partial charge in [-0.1, -0.05) is 50.2 Å². The fourth-order valence-corrected chi connectivity index (χ4v) is 2.21. The highest BCUT2D eigenvalue weighted by atomic mass is 19.1. The second kappa shape index (κ2) is 7.23. The van der Waals surface area contributed by atoms with Gasteiger partial charge in [0.15, 0.2) is 11.6 Å². The minimum atomic E-state index is -0.364. The molecule has 0 aromatic heterocycles. The van der Waals surface area contributed by atoms with Gasteiger partial charge in [0.25, 0.3) is 0 Å². The van der Waals surface area contributed by atoms with Crippen LogP contribution in [0.25, 0.3) is 0 Å². The quantitative estimate of drug-likeness (QED) is 0.868. The fourth-order valence-electron chi connectivity index (χ4n) is 2.21. The number of hydrogen-bond donors (Lipinski definition) is 1. The third-order valence-electron chi connectivity index (χ3n) is 3.31. The van der Waals surface area contributed by atoms with E-state index in [1.165, 1.54) is 11.6 Å². The van der Waals surface area contributed by atoms with E-state index in [9.17, 15) is 4.39 Å². The molecule has 0 saturated carbocycles. The first-order valence-electron chi connectivity index (χ1n) is 7.28. The Bertz CT molecular complexity index is 566. The van der Waals surface area contributed by atoms with Gasteiger partial charge in [-0.25, -0.2) is 4.39 Å². The van der Waals surface area contributed by atoms with Gasteiger partial charge in [0.05, 0.1) is 6.04 Å². The van der Waals surface area contributed by atoms with Crippen molar-refractivity contribution in [2.75, 3.05) is 6.61 Å². The van der Waals surface area contributed by atoms with Crippen molar-refractivity contribution in [2.24, 2.45) is 11.7 Å². The number of ether oxygens (including phenoxy) is 1. The van der Waals surface area contributed by atoms with Crippen LogP contribution in [-0.2, 0) is 6.42 Å². The van der Waals surface area contributed by atoms with E-state index in [2.05, 4.69) is 26.0 Å². The van der Waals surface area contributed by atoms with E-state index >= 15 is 0 Å². The molecule has 3 heteroatoms. The van der Waals surface area contributed by atoms with Crippen molar-refractivity contribution in [3.8, 4) is 5.75 Å². The molecule has 1 atom stereocenters. The second-order valence-corrected chi connectivity index (χ2v) is 5.69. The van der Waals surface area contributed by atoms with Crippen LogP contribution in [0.5, 0.6) is 5.75 Å². The molecule has 0 radical (unpaired) electrons. The maximum atomic E-state index is 13.5. The van der Waals surface area contributed by atoms with Gasteiger partial charge in [-0.05, 0) is 35.6 Å². The van der Waals surface area contributed by atoms with Crippen molar-refractivity contribution in [1.29, 1.82) is 0 Å². The lowest BCUT2D eigenvalue weighted by Crippen LogP contribution is -2.19. The molecule has 0 amide bonds. The SMILES string of the molecule is CC(C)Cc1ccc(C(N)COc2ccccc2F)cc1. The third-order valence-corrected chi connectivity index (χ3v) is 3.31. The molecule has 2 aromatic carbocycles. The summed E-state index contributed by atoms with van der Waals surface area (Å²) < 4.78 is 18.9. The van der Waals surface area contributed by atoms with Crippen LogP contribution in [0.15, 0.2) is 48.5 Å². The second-order valence-electron chi connectivity index (χ2n) is 5.69. The van der Waals surface area contributed by atoms with Gasteiger partial charge in [0.1, 0.15) is 6.61 Å². The van der Waals surface area contributed by atoms with E-state index in [0.29, 0.717) is 5.92 Å². The molecule has 0 fully saturated rings. The molecule has 112 valence electrons. The molecule has 2 rings (SSSR count). The average molecular weight is 287 g/mol. The maximum Gasteiger partial charge on any atom is 0.165 e. The zero-order valence-corrected chi connectivity index (χ0v) is 12.6. The summed E-state index contributed by atoms with van der Waals surface area (Å²) in [7, 11) is 0. The smallest absolute Gasteiger partial charge is 0.165 e. The molecule has 2 N–H and O–H groups in total. The van der Waals surface area contributed by atoms with E-state index in [0.717, 1.165) is 12.0 Å². The standard InChI is InChI=1S/C18H22FNO/c1-13(2)11-14-7-9-15(10-8-14)17(20)12-21-18-6-4-3-5-16(18)19/h3-10,13,17H,11-12,20H2,1-2H3. The Morgan fingerprint density at radius 3 is 2.33 bits per heavy atom. The number of nitrogens with two attached hydrogens (primary N) is 1. The summed E-state index contributed by atoms with van der Waals surface area (Å²) in [5.74, 6) is 0.510. The summed E-state index contributed by atoms with van der Waals surface area (Å²) in [6.45, 7) is 4.65. The van der Waals surface area contributed by atoms with Crippen LogP contribution in [0.3, 0.4) is 0 Å². The summed E-state index contributed by atoms with van der Waals surface area (Å²) in [4.78, 5) is 0. The van der Waals surface area contributed by atoms with Crippen molar-refractivity contribution in [3.63, 3.8) is 0 Å². The molecule has 2 aromatic rings. The van der Waals surface area contributed by atoms with Crippen molar-refractivity contribution < 1.29 is 9.13 Å². The molecule has 0 aliphatic rings. The van der Waals surface area contributed by atoms with Crippen molar-refractivity contribution in [3.05, 3.63) is 65.5 Å². The van der Waals surface area contributed by atoms with Crippen molar-refractivity contribution >= 4 is 0 Å². The first-order valence-corrected chi connectivity index (χ1v) is 7.28. The highest BCUT2D eigenvalue weighted by molar-refractivity contribution is 5.26. The zero-order chi connectivity index (χ0) is 15.2. The predicted octanol–water partition coefficient (Wildman–Crippen LogP) is 4.10. The van der Waals surface area contributed by atoms with Crippen molar-refractivity contribution in [2.45, 2.75) is 26.3 Å². The Kier molecular flexibility index (Phi) is 5.34. The monoisotopic (exact) mass is 287 g/mol. The molecule has 0 aliphatic carbocycles. The zero-order valence-electron chi connectivity index (χ0n) is 12.6. The molecule has 0 spiro atoms. The average Bonchev–Trinajstić information content (AvgIpc) is 2.46. The van der Waals surface area contributed by atoms with Gasteiger partial charge in [0.2, 0.25) is 0 Å². The minimum Gasteiger partial charge on any atom is -0.489 e. The molecule has 0 aliphatic heterocycles. The van der Waals surface area contributed by atoms with Crippen LogP contribution in [0.4, 0.5) is 4.39 Å². The van der Waals surface area contributed by atoms with Gasteiger partial charge < -0.3 is 10.5 Å². The predicted molar refractivity (Wildman–Crippen MR) is 83.8 cm³/mol. The summed E-state index contributed by atoms with van der Waals surface area (Å²) >= 11 is 0. The maximum absolute atomic E-state index is 13.5. The normalized spacial score (nSPS) is 12.4. The molecular formula is C18H22FNO. The van der Waals surface area contributed by atoms with Gasteiger partial charge in [-0.15, -0.1) is 0 Å². The lowest BCUT2D eigenvalue weighted by atomic mass is 10.00. The first-order chi connectivity index (χ1) is 10.1. The third kappa shape index (κ3) is 4.57. The number of para-hydroxylation sites is 1. The van der Waals surface area contributed by atoms with Crippen LogP contribution < -0.4 is 10.5 Å². The van der Waals surface area contributed by atoms with Gasteiger partial charge >= 0.3 is 0 Å². The molecule has 21 heavy (non-hydrogen) atoms. The summed E-state index contributed by atoms with van der Waals surface area (Å²) in [6, 6.07) is 14.3. The number of benzene rings is 2. The largest absolute Gasteiger partial charge is 0.489 e. The minimum absolute atomic E-state index is 0.240. The topological polar surface area (TPSA) is 35.2 Å². The Morgan fingerprint density at radius 2 is 1.71 bits per heavy atom. The molecule has 0 saturated heterocycles. The first kappa shape index (κ1) is 15.5. The Morgan fingerprint density at radius 1 is 1.05 bits per heavy atom. The van der Waals surface area contributed by atoms with Gasteiger partial charge in [-0.2, -0.15) is 0 Å². The summed E-state index contributed by atoms with van der Waals surface area (Å²) in [5, 5.41) is 0. The molecule has 2 nitrogen and oxygen atoms in total. The Hall–Kier alpha value is -1.87. The number of halogens is 1. The van der Waals surface area contributed by atoms with Crippen LogP contribution in [0.2, 0.25) is 0 Å². The molecule has 0 heterocycles. The van der Waals surface area contributed by atoms with E-state index in [-0.39, 0.29) is 24.2 Å². The van der Waals surface area contributed by atoms with Crippen LogP contribution in [-0.4, -0.2) is 6.61 Å². The highest BCUT2D eigenvalue weighted by Crippen LogP contribution is 2.19.